The molecular formula is C12H31O3PSi2. The lowest BCUT2D eigenvalue weighted by Gasteiger charge is -2.17. The topological polar surface area (TPSA) is 38.7 Å². The molecule has 0 aliphatic heterocycles. The van der Waals surface area contributed by atoms with Crippen molar-refractivity contribution in [2.24, 2.45) is 0 Å². The molecule has 0 rings (SSSR count). The zero-order chi connectivity index (χ0) is 14.2. The van der Waals surface area contributed by atoms with Crippen LogP contribution in [0.2, 0.25) is 51.4 Å². The van der Waals surface area contributed by atoms with Gasteiger partial charge in [0.2, 0.25) is 0 Å². The monoisotopic (exact) mass is 310 g/mol. The fourth-order valence-electron chi connectivity index (χ4n) is 1.53. The van der Waals surface area contributed by atoms with Gasteiger partial charge in [0.25, 0.3) is 0 Å². The molecular weight excluding hydrogens is 279 g/mol. The lowest BCUT2D eigenvalue weighted by Crippen LogP contribution is -2.19. The van der Waals surface area contributed by atoms with E-state index in [1.54, 1.807) is 0 Å². The van der Waals surface area contributed by atoms with Crippen molar-refractivity contribution in [1.82, 2.24) is 0 Å². The molecule has 0 aromatic heterocycles. The van der Waals surface area contributed by atoms with Crippen molar-refractivity contribution in [3.05, 3.63) is 0 Å². The van der Waals surface area contributed by atoms with Gasteiger partial charge in [-0.15, -0.1) is 0 Å². The van der Waals surface area contributed by atoms with Crippen LogP contribution in [0.5, 0.6) is 0 Å². The maximum Gasteiger partial charge on any atom is 0.329 e. The quantitative estimate of drug-likeness (QED) is 0.361. The van der Waals surface area contributed by atoms with Gasteiger partial charge < -0.3 is 13.9 Å². The Morgan fingerprint density at radius 3 is 1.39 bits per heavy atom. The standard InChI is InChI=1S/C12H31O3PSi2/c1-17(2,3)11-7-9-14-16(13)15-10-8-12-18(4,5)6/h13H,7-12H2,1-6H3. The third-order valence-electron chi connectivity index (χ3n) is 2.55. The molecule has 1 N–H and O–H groups in total. The molecule has 18 heavy (non-hydrogen) atoms. The van der Waals surface area contributed by atoms with Crippen LogP contribution in [0.3, 0.4) is 0 Å². The number of rotatable bonds is 10. The number of hydrogen-bond acceptors (Lipinski definition) is 3. The molecule has 0 aliphatic rings. The predicted octanol–water partition coefficient (Wildman–Crippen LogP) is 4.70. The van der Waals surface area contributed by atoms with Crippen LogP contribution in [0, 0.1) is 0 Å². The number of hydrogen-bond donors (Lipinski definition) is 1. The van der Waals surface area contributed by atoms with E-state index in [1.807, 2.05) is 0 Å². The highest BCUT2D eigenvalue weighted by molar-refractivity contribution is 7.40. The third kappa shape index (κ3) is 14.8. The molecule has 0 unspecified atom stereocenters. The Hall–Kier alpha value is 0.744. The Morgan fingerprint density at radius 2 is 1.11 bits per heavy atom. The van der Waals surface area contributed by atoms with E-state index in [0.29, 0.717) is 13.2 Å². The van der Waals surface area contributed by atoms with Crippen LogP contribution >= 0.6 is 8.60 Å². The van der Waals surface area contributed by atoms with Crippen molar-refractivity contribution in [3.63, 3.8) is 0 Å². The zero-order valence-corrected chi connectivity index (χ0v) is 15.8. The van der Waals surface area contributed by atoms with Crippen LogP contribution < -0.4 is 0 Å². The Bertz CT molecular complexity index is 192. The molecule has 6 heteroatoms. The molecule has 0 bridgehead atoms. The molecule has 0 saturated heterocycles. The highest BCUT2D eigenvalue weighted by Crippen LogP contribution is 2.33. The van der Waals surface area contributed by atoms with Gasteiger partial charge in [0.1, 0.15) is 0 Å². The largest absolute Gasteiger partial charge is 0.329 e. The SMILES string of the molecule is C[Si](C)(C)CCCOP(O)OCCC[Si](C)(C)C. The molecule has 3 nitrogen and oxygen atoms in total. The Morgan fingerprint density at radius 1 is 0.778 bits per heavy atom. The van der Waals surface area contributed by atoms with Gasteiger partial charge in [-0.3, -0.25) is 0 Å². The van der Waals surface area contributed by atoms with Crippen LogP contribution in [0.4, 0.5) is 0 Å². The summed E-state index contributed by atoms with van der Waals surface area (Å²) in [5.41, 5.74) is 0. The van der Waals surface area contributed by atoms with Gasteiger partial charge in [0.05, 0.1) is 13.2 Å². The minimum atomic E-state index is -1.64. The first-order chi connectivity index (χ1) is 8.10. The lowest BCUT2D eigenvalue weighted by molar-refractivity contribution is 0.200. The van der Waals surface area contributed by atoms with Gasteiger partial charge in [0, 0.05) is 16.1 Å². The highest BCUT2D eigenvalue weighted by atomic mass is 31.2. The van der Waals surface area contributed by atoms with Gasteiger partial charge in [-0.25, -0.2) is 0 Å². The molecule has 0 radical (unpaired) electrons. The molecule has 0 saturated carbocycles. The molecule has 0 aromatic carbocycles. The molecule has 0 heterocycles. The Balaban J connectivity index is 3.41. The van der Waals surface area contributed by atoms with E-state index in [2.05, 4.69) is 39.3 Å². The second-order valence-electron chi connectivity index (χ2n) is 7.23. The average molecular weight is 311 g/mol. The van der Waals surface area contributed by atoms with E-state index < -0.39 is 24.8 Å². The minimum absolute atomic E-state index is 0.625. The van der Waals surface area contributed by atoms with Crippen molar-refractivity contribution in [2.75, 3.05) is 13.2 Å². The van der Waals surface area contributed by atoms with Crippen LogP contribution in [-0.2, 0) is 9.05 Å². The second kappa shape index (κ2) is 8.82. The summed E-state index contributed by atoms with van der Waals surface area (Å²) in [5, 5.41) is 0. The van der Waals surface area contributed by atoms with E-state index in [0.717, 1.165) is 12.8 Å². The van der Waals surface area contributed by atoms with Crippen LogP contribution in [-0.4, -0.2) is 34.3 Å². The van der Waals surface area contributed by atoms with E-state index in [1.165, 1.54) is 12.1 Å². The zero-order valence-electron chi connectivity index (χ0n) is 13.0. The van der Waals surface area contributed by atoms with Crippen LogP contribution in [0.1, 0.15) is 12.8 Å². The van der Waals surface area contributed by atoms with E-state index in [4.69, 9.17) is 9.05 Å². The van der Waals surface area contributed by atoms with Crippen molar-refractivity contribution in [3.8, 4) is 0 Å². The van der Waals surface area contributed by atoms with Gasteiger partial charge in [-0.05, 0) is 12.8 Å². The Labute approximate surface area is 116 Å². The van der Waals surface area contributed by atoms with Crippen molar-refractivity contribution >= 4 is 24.8 Å². The summed E-state index contributed by atoms with van der Waals surface area (Å²) in [6.45, 7) is 15.3. The summed E-state index contributed by atoms with van der Waals surface area (Å²) in [7, 11) is -3.59. The first-order valence-corrected chi connectivity index (χ1v) is 15.4. The van der Waals surface area contributed by atoms with Crippen LogP contribution in [0.25, 0.3) is 0 Å². The molecule has 0 fully saturated rings. The van der Waals surface area contributed by atoms with E-state index >= 15 is 0 Å². The maximum absolute atomic E-state index is 9.55. The van der Waals surface area contributed by atoms with Gasteiger partial charge in [-0.2, -0.15) is 0 Å². The smallest absolute Gasteiger partial charge is 0.328 e. The summed E-state index contributed by atoms with van der Waals surface area (Å²) in [6, 6.07) is 2.48. The maximum atomic E-state index is 9.55. The fraction of sp³-hybridized carbons (Fsp3) is 1.00. The normalized spacial score (nSPS) is 13.3. The van der Waals surface area contributed by atoms with Crippen LogP contribution in [0.15, 0.2) is 0 Å². The van der Waals surface area contributed by atoms with Gasteiger partial charge in [-0.1, -0.05) is 51.4 Å². The Kier molecular flexibility index (Phi) is 9.19. The van der Waals surface area contributed by atoms with Crippen molar-refractivity contribution < 1.29 is 13.9 Å². The first kappa shape index (κ1) is 18.7. The molecule has 110 valence electrons. The molecule has 0 amide bonds. The minimum Gasteiger partial charge on any atom is -0.328 e. The first-order valence-electron chi connectivity index (χ1n) is 6.85. The summed E-state index contributed by atoms with van der Waals surface area (Å²) >= 11 is 0. The lowest BCUT2D eigenvalue weighted by atomic mass is 10.5. The summed E-state index contributed by atoms with van der Waals surface area (Å²) < 4.78 is 10.6. The second-order valence-corrected chi connectivity index (χ2v) is 19.5. The summed E-state index contributed by atoms with van der Waals surface area (Å²) in [5.74, 6) is 0. The van der Waals surface area contributed by atoms with Gasteiger partial charge >= 0.3 is 8.60 Å². The molecule has 0 aromatic rings. The summed E-state index contributed by atoms with van der Waals surface area (Å²) in [4.78, 5) is 9.55. The molecule has 0 spiro atoms. The van der Waals surface area contributed by atoms with Crippen molar-refractivity contribution in [1.29, 1.82) is 0 Å². The molecule has 0 atom stereocenters. The summed E-state index contributed by atoms with van der Waals surface area (Å²) in [6.07, 6.45) is 2.07. The highest BCUT2D eigenvalue weighted by Gasteiger charge is 2.14. The predicted molar refractivity (Wildman–Crippen MR) is 86.6 cm³/mol. The molecule has 0 aliphatic carbocycles. The van der Waals surface area contributed by atoms with Gasteiger partial charge in [0.15, 0.2) is 0 Å². The van der Waals surface area contributed by atoms with E-state index in [-0.39, 0.29) is 0 Å². The average Bonchev–Trinajstić information content (AvgIpc) is 2.17. The van der Waals surface area contributed by atoms with E-state index in [9.17, 15) is 4.89 Å². The fourth-order valence-corrected chi connectivity index (χ4v) is 4.58. The third-order valence-corrected chi connectivity index (χ3v) is 7.06. The van der Waals surface area contributed by atoms with Crippen molar-refractivity contribution in [2.45, 2.75) is 64.2 Å².